The lowest BCUT2D eigenvalue weighted by atomic mass is 10.4. The van der Waals surface area contributed by atoms with E-state index in [-0.39, 0.29) is 18.3 Å². The van der Waals surface area contributed by atoms with Crippen molar-refractivity contribution in [2.75, 3.05) is 0 Å². The average molecular weight is 240 g/mol. The third-order valence-corrected chi connectivity index (χ3v) is 1.97. The molecule has 0 aromatic carbocycles. The lowest BCUT2D eigenvalue weighted by molar-refractivity contribution is 0.0687. The maximum Gasteiger partial charge on any atom is 0.354 e. The van der Waals surface area contributed by atoms with Crippen molar-refractivity contribution < 1.29 is 9.90 Å². The molecule has 2 aromatic heterocycles. The van der Waals surface area contributed by atoms with Gasteiger partial charge in [-0.2, -0.15) is 5.10 Å². The molecule has 0 unspecified atom stereocenters. The van der Waals surface area contributed by atoms with Gasteiger partial charge in [-0.05, 0) is 12.1 Å². The summed E-state index contributed by atoms with van der Waals surface area (Å²) < 4.78 is 1.23. The van der Waals surface area contributed by atoms with Crippen LogP contribution in [0.4, 0.5) is 0 Å². The Hall–Kier alpha value is -1.88. The summed E-state index contributed by atoms with van der Waals surface area (Å²) in [7, 11) is 0. The van der Waals surface area contributed by atoms with E-state index in [1.54, 1.807) is 18.3 Å². The van der Waals surface area contributed by atoms with Gasteiger partial charge in [0.2, 0.25) is 0 Å². The molecule has 0 saturated carbocycles. The van der Waals surface area contributed by atoms with Crippen LogP contribution in [0.25, 0.3) is 5.69 Å². The van der Waals surface area contributed by atoms with E-state index in [1.807, 2.05) is 0 Å². The quantitative estimate of drug-likeness (QED) is 0.873. The molecule has 0 saturated heterocycles. The molecule has 2 heterocycles. The molecular weight excluding hydrogens is 230 g/mol. The molecule has 84 valence electrons. The Kier molecular flexibility index (Phi) is 3.63. The van der Waals surface area contributed by atoms with Crippen LogP contribution in [0.3, 0.4) is 0 Å². The summed E-state index contributed by atoms with van der Waals surface area (Å²) in [4.78, 5) is 14.7. The Morgan fingerprint density at radius 2 is 2.25 bits per heavy atom. The number of rotatable bonds is 2. The van der Waals surface area contributed by atoms with Gasteiger partial charge in [0.15, 0.2) is 10.8 Å². The molecule has 0 amide bonds. The van der Waals surface area contributed by atoms with Crippen LogP contribution >= 0.6 is 11.6 Å². The van der Waals surface area contributed by atoms with Crippen molar-refractivity contribution in [2.24, 2.45) is 0 Å². The predicted molar refractivity (Wildman–Crippen MR) is 60.1 cm³/mol. The zero-order valence-corrected chi connectivity index (χ0v) is 8.22. The van der Waals surface area contributed by atoms with Crippen LogP contribution < -0.4 is 0 Å². The molecule has 2 aromatic rings. The molecule has 0 aliphatic heterocycles. The Bertz CT molecular complexity index is 496. The standard InChI is InChI=1S/C9H6ClN3O2.CH4/c10-8-4-7(9(14)15)13(12-8)6-2-1-3-11-5-6;/h1-5H,(H,14,15);1H4. The fourth-order valence-electron chi connectivity index (χ4n) is 1.18. The number of carbonyl (C=O) groups is 1. The molecular formula is C10H10ClN3O2. The lowest BCUT2D eigenvalue weighted by Gasteiger charge is -2.02. The Balaban J connectivity index is 0.00000128. The maximum absolute atomic E-state index is 10.9. The lowest BCUT2D eigenvalue weighted by Crippen LogP contribution is -2.07. The molecule has 0 spiro atoms. The van der Waals surface area contributed by atoms with Crippen molar-refractivity contribution >= 4 is 17.6 Å². The Morgan fingerprint density at radius 1 is 1.50 bits per heavy atom. The maximum atomic E-state index is 10.9. The second-order valence-corrected chi connectivity index (χ2v) is 3.17. The minimum Gasteiger partial charge on any atom is -0.477 e. The van der Waals surface area contributed by atoms with Crippen LogP contribution in [0.15, 0.2) is 30.6 Å². The van der Waals surface area contributed by atoms with Crippen LogP contribution in [0.1, 0.15) is 17.9 Å². The fraction of sp³-hybridized carbons (Fsp3) is 0.100. The van der Waals surface area contributed by atoms with Crippen LogP contribution in [0.2, 0.25) is 5.15 Å². The van der Waals surface area contributed by atoms with E-state index in [9.17, 15) is 4.79 Å². The largest absolute Gasteiger partial charge is 0.477 e. The van der Waals surface area contributed by atoms with Crippen molar-refractivity contribution in [1.29, 1.82) is 0 Å². The van der Waals surface area contributed by atoms with E-state index in [4.69, 9.17) is 16.7 Å². The number of hydrogen-bond donors (Lipinski definition) is 1. The molecule has 16 heavy (non-hydrogen) atoms. The first-order valence-corrected chi connectivity index (χ1v) is 4.45. The third-order valence-electron chi connectivity index (χ3n) is 1.79. The second-order valence-electron chi connectivity index (χ2n) is 2.78. The summed E-state index contributed by atoms with van der Waals surface area (Å²) in [6.07, 6.45) is 3.10. The number of pyridine rings is 1. The molecule has 0 fully saturated rings. The van der Waals surface area contributed by atoms with Crippen LogP contribution in [0.5, 0.6) is 0 Å². The Labute approximate surface area is 97.3 Å². The van der Waals surface area contributed by atoms with Gasteiger partial charge in [0, 0.05) is 12.3 Å². The molecule has 6 heteroatoms. The monoisotopic (exact) mass is 239 g/mol. The molecule has 0 aliphatic rings. The van der Waals surface area contributed by atoms with E-state index >= 15 is 0 Å². The van der Waals surface area contributed by atoms with Gasteiger partial charge >= 0.3 is 5.97 Å². The van der Waals surface area contributed by atoms with Gasteiger partial charge in [-0.15, -0.1) is 0 Å². The van der Waals surface area contributed by atoms with Gasteiger partial charge in [-0.1, -0.05) is 19.0 Å². The highest BCUT2D eigenvalue weighted by molar-refractivity contribution is 6.29. The number of aromatic nitrogens is 3. The first-order valence-electron chi connectivity index (χ1n) is 4.08. The normalized spacial score (nSPS) is 9.56. The predicted octanol–water partition coefficient (Wildman–Crippen LogP) is 2.26. The smallest absolute Gasteiger partial charge is 0.354 e. The van der Waals surface area contributed by atoms with Gasteiger partial charge in [0.05, 0.1) is 11.9 Å². The minimum absolute atomic E-state index is 0. The number of nitrogens with zero attached hydrogens (tertiary/aromatic N) is 3. The molecule has 0 radical (unpaired) electrons. The SMILES string of the molecule is C.O=C(O)c1cc(Cl)nn1-c1cccnc1. The van der Waals surface area contributed by atoms with E-state index in [1.165, 1.54) is 16.9 Å². The fourth-order valence-corrected chi connectivity index (χ4v) is 1.36. The van der Waals surface area contributed by atoms with Crippen molar-refractivity contribution in [2.45, 2.75) is 7.43 Å². The van der Waals surface area contributed by atoms with E-state index < -0.39 is 5.97 Å². The topological polar surface area (TPSA) is 68.0 Å². The second kappa shape index (κ2) is 4.76. The Morgan fingerprint density at radius 3 is 2.81 bits per heavy atom. The van der Waals surface area contributed by atoms with E-state index in [0.717, 1.165) is 0 Å². The van der Waals surface area contributed by atoms with Crippen molar-refractivity contribution in [3.05, 3.63) is 41.4 Å². The summed E-state index contributed by atoms with van der Waals surface area (Å²) in [5, 5.41) is 12.9. The minimum atomic E-state index is -1.08. The van der Waals surface area contributed by atoms with Crippen molar-refractivity contribution in [3.63, 3.8) is 0 Å². The third kappa shape index (κ3) is 2.20. The highest BCUT2D eigenvalue weighted by Crippen LogP contribution is 2.14. The van der Waals surface area contributed by atoms with Gasteiger partial charge in [-0.3, -0.25) is 4.98 Å². The molecule has 1 N–H and O–H groups in total. The zero-order valence-electron chi connectivity index (χ0n) is 7.46. The zero-order chi connectivity index (χ0) is 10.8. The molecule has 0 bridgehead atoms. The first kappa shape index (κ1) is 12.2. The van der Waals surface area contributed by atoms with Crippen molar-refractivity contribution in [1.82, 2.24) is 14.8 Å². The van der Waals surface area contributed by atoms with Crippen LogP contribution in [-0.2, 0) is 0 Å². The molecule has 5 nitrogen and oxygen atoms in total. The summed E-state index contributed by atoms with van der Waals surface area (Å²) in [6.45, 7) is 0. The number of carboxylic acid groups (broad SMARTS) is 1. The van der Waals surface area contributed by atoms with Gasteiger partial charge in [0.25, 0.3) is 0 Å². The number of carboxylic acids is 1. The van der Waals surface area contributed by atoms with Crippen molar-refractivity contribution in [3.8, 4) is 5.69 Å². The summed E-state index contributed by atoms with van der Waals surface area (Å²) in [5.41, 5.74) is 0.565. The highest BCUT2D eigenvalue weighted by atomic mass is 35.5. The van der Waals surface area contributed by atoms with Crippen LogP contribution in [-0.4, -0.2) is 25.8 Å². The van der Waals surface area contributed by atoms with Gasteiger partial charge in [-0.25, -0.2) is 9.48 Å². The number of aromatic carboxylic acids is 1. The van der Waals surface area contributed by atoms with E-state index in [0.29, 0.717) is 5.69 Å². The summed E-state index contributed by atoms with van der Waals surface area (Å²) in [5.74, 6) is -1.08. The molecule has 0 aliphatic carbocycles. The van der Waals surface area contributed by atoms with Gasteiger partial charge < -0.3 is 5.11 Å². The summed E-state index contributed by atoms with van der Waals surface area (Å²) >= 11 is 5.64. The highest BCUT2D eigenvalue weighted by Gasteiger charge is 2.14. The van der Waals surface area contributed by atoms with Gasteiger partial charge in [0.1, 0.15) is 0 Å². The van der Waals surface area contributed by atoms with Crippen LogP contribution in [0, 0.1) is 0 Å². The molecule has 2 rings (SSSR count). The number of hydrogen-bond acceptors (Lipinski definition) is 3. The first-order chi connectivity index (χ1) is 7.18. The van der Waals surface area contributed by atoms with E-state index in [2.05, 4.69) is 10.1 Å². The molecule has 0 atom stereocenters. The number of halogens is 1. The average Bonchev–Trinajstić information content (AvgIpc) is 2.62. The summed E-state index contributed by atoms with van der Waals surface area (Å²) in [6, 6.07) is 4.68.